The quantitative estimate of drug-likeness (QED) is 0.751. The number of anilines is 1. The van der Waals surface area contributed by atoms with Gasteiger partial charge in [-0.25, -0.2) is 0 Å². The van der Waals surface area contributed by atoms with Crippen molar-refractivity contribution in [3.8, 4) is 22.8 Å². The molecule has 0 aliphatic carbocycles. The van der Waals surface area contributed by atoms with Crippen LogP contribution >= 0.6 is 11.3 Å². The second-order valence-electron chi connectivity index (χ2n) is 6.41. The van der Waals surface area contributed by atoms with E-state index >= 15 is 0 Å². The molecule has 3 heterocycles. The number of allylic oxidation sites excluding steroid dienone is 1. The van der Waals surface area contributed by atoms with E-state index in [1.165, 1.54) is 11.3 Å². The van der Waals surface area contributed by atoms with Crippen LogP contribution in [-0.4, -0.2) is 17.8 Å². The number of benzene rings is 1. The van der Waals surface area contributed by atoms with Gasteiger partial charge in [0.25, 0.3) is 0 Å². The van der Waals surface area contributed by atoms with E-state index in [0.29, 0.717) is 13.2 Å². The van der Waals surface area contributed by atoms with Gasteiger partial charge in [0, 0.05) is 51.7 Å². The molecule has 0 fully saturated rings. The summed E-state index contributed by atoms with van der Waals surface area (Å²) in [5.74, 6) is 1.58. The number of aromatic nitrogens is 1. The van der Waals surface area contributed by atoms with E-state index < -0.39 is 0 Å². The second kappa shape index (κ2) is 7.37. The fourth-order valence-corrected chi connectivity index (χ4v) is 3.97. The van der Waals surface area contributed by atoms with Gasteiger partial charge in [0.05, 0.1) is 0 Å². The molecule has 0 bridgehead atoms. The molecule has 0 atom stereocenters. The fraction of sp³-hybridized carbons (Fsp3) is 0.182. The number of nitrogens with zero attached hydrogens (tertiary/aromatic N) is 1. The third kappa shape index (κ3) is 3.38. The largest absolute Gasteiger partial charge is 0.486 e. The van der Waals surface area contributed by atoms with E-state index in [2.05, 4.69) is 53.3 Å². The summed E-state index contributed by atoms with van der Waals surface area (Å²) in [5, 5.41) is 10.0. The van der Waals surface area contributed by atoms with Crippen LogP contribution < -0.4 is 25.4 Å². The normalized spacial score (nSPS) is 14.8. The van der Waals surface area contributed by atoms with Crippen LogP contribution in [-0.2, 0) is 7.05 Å². The third-order valence-electron chi connectivity index (χ3n) is 4.65. The van der Waals surface area contributed by atoms with Gasteiger partial charge in [0.15, 0.2) is 11.5 Å². The summed E-state index contributed by atoms with van der Waals surface area (Å²) in [6, 6.07) is 10.3. The molecule has 1 aliphatic rings. The number of rotatable bonds is 4. The maximum atomic E-state index is 5.69. The lowest BCUT2D eigenvalue weighted by molar-refractivity contribution is 0.171. The Morgan fingerprint density at radius 2 is 2.00 bits per heavy atom. The van der Waals surface area contributed by atoms with Gasteiger partial charge in [-0.1, -0.05) is 12.7 Å². The molecule has 2 aromatic heterocycles. The Bertz CT molecular complexity index is 1090. The predicted molar refractivity (Wildman–Crippen MR) is 113 cm³/mol. The molecule has 4 nitrogen and oxygen atoms in total. The summed E-state index contributed by atoms with van der Waals surface area (Å²) in [4.78, 5) is 0. The number of hydrogen-bond acceptors (Lipinski definition) is 4. The molecule has 0 saturated heterocycles. The van der Waals surface area contributed by atoms with Crippen LogP contribution in [0.2, 0.25) is 0 Å². The number of nitrogens with one attached hydrogen (secondary N) is 1. The smallest absolute Gasteiger partial charge is 0.163 e. The van der Waals surface area contributed by atoms with Gasteiger partial charge in [-0.2, -0.15) is 11.3 Å². The lowest BCUT2D eigenvalue weighted by Crippen LogP contribution is -2.30. The van der Waals surface area contributed by atoms with Crippen LogP contribution in [0.25, 0.3) is 23.0 Å². The summed E-state index contributed by atoms with van der Waals surface area (Å²) in [7, 11) is 2.09. The summed E-state index contributed by atoms with van der Waals surface area (Å²) in [6.07, 6.45) is 3.87. The highest BCUT2D eigenvalue weighted by Crippen LogP contribution is 2.33. The molecule has 27 heavy (non-hydrogen) atoms. The zero-order chi connectivity index (χ0) is 18.8. The van der Waals surface area contributed by atoms with E-state index in [-0.39, 0.29) is 0 Å². The molecule has 5 heteroatoms. The van der Waals surface area contributed by atoms with Gasteiger partial charge in [-0.15, -0.1) is 0 Å². The second-order valence-corrected chi connectivity index (χ2v) is 7.19. The molecule has 4 rings (SSSR count). The van der Waals surface area contributed by atoms with E-state index in [1.807, 2.05) is 30.4 Å². The Kier molecular flexibility index (Phi) is 4.77. The maximum absolute atomic E-state index is 5.69. The summed E-state index contributed by atoms with van der Waals surface area (Å²) >= 11 is 1.70. The molecule has 1 aromatic carbocycles. The minimum atomic E-state index is 0.584. The van der Waals surface area contributed by atoms with Crippen molar-refractivity contribution < 1.29 is 9.47 Å². The van der Waals surface area contributed by atoms with Crippen LogP contribution in [0.4, 0.5) is 5.69 Å². The monoisotopic (exact) mass is 378 g/mol. The fourth-order valence-electron chi connectivity index (χ4n) is 3.32. The Labute approximate surface area is 162 Å². The minimum Gasteiger partial charge on any atom is -0.486 e. The lowest BCUT2D eigenvalue weighted by Gasteiger charge is -2.19. The Hall–Kier alpha value is -2.92. The van der Waals surface area contributed by atoms with Gasteiger partial charge in [-0.3, -0.25) is 0 Å². The van der Waals surface area contributed by atoms with Gasteiger partial charge in [0.2, 0.25) is 0 Å². The highest BCUT2D eigenvalue weighted by atomic mass is 32.1. The van der Waals surface area contributed by atoms with Crippen LogP contribution in [0.3, 0.4) is 0 Å². The van der Waals surface area contributed by atoms with E-state index in [0.717, 1.165) is 33.5 Å². The zero-order valence-electron chi connectivity index (χ0n) is 15.5. The number of fused-ring (bicyclic) bond motifs is 1. The van der Waals surface area contributed by atoms with Crippen molar-refractivity contribution in [3.63, 3.8) is 0 Å². The van der Waals surface area contributed by atoms with E-state index in [4.69, 9.17) is 9.47 Å². The summed E-state index contributed by atoms with van der Waals surface area (Å²) in [5.41, 5.74) is 4.45. The molecular formula is C22H22N2O2S. The van der Waals surface area contributed by atoms with Gasteiger partial charge < -0.3 is 19.4 Å². The molecule has 3 aromatic rings. The molecular weight excluding hydrogens is 356 g/mol. The highest BCUT2D eigenvalue weighted by molar-refractivity contribution is 7.08. The third-order valence-corrected chi connectivity index (χ3v) is 5.33. The molecule has 0 saturated carbocycles. The zero-order valence-corrected chi connectivity index (χ0v) is 16.3. The van der Waals surface area contributed by atoms with Crippen molar-refractivity contribution in [1.29, 1.82) is 0 Å². The van der Waals surface area contributed by atoms with Crippen molar-refractivity contribution >= 4 is 28.8 Å². The molecule has 0 spiro atoms. The first kappa shape index (κ1) is 17.5. The molecule has 0 radical (unpaired) electrons. The Morgan fingerprint density at radius 3 is 2.74 bits per heavy atom. The molecule has 0 unspecified atom stereocenters. The Morgan fingerprint density at radius 1 is 1.19 bits per heavy atom. The first-order valence-corrected chi connectivity index (χ1v) is 9.80. The molecule has 1 N–H and O–H groups in total. The van der Waals surface area contributed by atoms with Gasteiger partial charge in [-0.05, 0) is 42.6 Å². The standard InChI is InChI=1S/C22H22N2O2S/c1-4-5-19-18(13-20(24(19)3)16-8-11-27-14-16)15(2)23-17-6-7-21-22(12-17)26-10-9-25-21/h4-8,11-14,23H,1,9-10H2,2-3H3/b18-15+,19-5+. The first-order valence-electron chi connectivity index (χ1n) is 8.86. The summed E-state index contributed by atoms with van der Waals surface area (Å²) in [6.45, 7) is 7.14. The topological polar surface area (TPSA) is 35.4 Å². The molecule has 138 valence electrons. The van der Waals surface area contributed by atoms with E-state index in [1.54, 1.807) is 11.3 Å². The van der Waals surface area contributed by atoms with Crippen molar-refractivity contribution in [2.45, 2.75) is 6.92 Å². The molecule has 1 aliphatic heterocycles. The van der Waals surface area contributed by atoms with Crippen LogP contribution in [0.5, 0.6) is 11.5 Å². The van der Waals surface area contributed by atoms with Crippen LogP contribution in [0.15, 0.2) is 53.7 Å². The van der Waals surface area contributed by atoms with Crippen molar-refractivity contribution in [2.75, 3.05) is 18.5 Å². The highest BCUT2D eigenvalue weighted by Gasteiger charge is 2.12. The number of thiophene rings is 1. The van der Waals surface area contributed by atoms with Crippen LogP contribution in [0.1, 0.15) is 6.92 Å². The Balaban J connectivity index is 1.79. The average Bonchev–Trinajstić information content (AvgIpc) is 3.31. The minimum absolute atomic E-state index is 0.584. The average molecular weight is 378 g/mol. The molecule has 0 amide bonds. The van der Waals surface area contributed by atoms with Gasteiger partial charge >= 0.3 is 0 Å². The lowest BCUT2D eigenvalue weighted by atomic mass is 10.2. The van der Waals surface area contributed by atoms with Gasteiger partial charge in [0.1, 0.15) is 13.2 Å². The van der Waals surface area contributed by atoms with E-state index in [9.17, 15) is 0 Å². The van der Waals surface area contributed by atoms with Crippen molar-refractivity contribution in [2.24, 2.45) is 7.05 Å². The number of hydrogen-bond donors (Lipinski definition) is 1. The SMILES string of the molecule is C=C/C=c1\c(=C(/C)Nc2ccc3c(c2)OCCO3)cc(-c2ccsc2)n1C. The summed E-state index contributed by atoms with van der Waals surface area (Å²) < 4.78 is 13.5. The maximum Gasteiger partial charge on any atom is 0.163 e. The predicted octanol–water partition coefficient (Wildman–Crippen LogP) is 3.73. The number of ether oxygens (including phenoxy) is 2. The first-order chi connectivity index (χ1) is 13.2. The van der Waals surface area contributed by atoms with Crippen LogP contribution in [0, 0.1) is 0 Å². The van der Waals surface area contributed by atoms with Crippen molar-refractivity contribution in [1.82, 2.24) is 4.57 Å². The van der Waals surface area contributed by atoms with Crippen molar-refractivity contribution in [3.05, 3.63) is 64.3 Å².